The molecule has 1 fully saturated rings. The van der Waals surface area contributed by atoms with E-state index in [-0.39, 0.29) is 32.3 Å². The smallest absolute Gasteiger partial charge is 0.0873 e. The molecule has 1 radical (unpaired) electrons. The number of aromatic nitrogens is 2. The Labute approximate surface area is 240 Å². The van der Waals surface area contributed by atoms with Crippen LogP contribution in [0.2, 0.25) is 0 Å². The number of nitrogens with zero attached hydrogens (tertiary/aromatic N) is 2. The summed E-state index contributed by atoms with van der Waals surface area (Å²) in [6, 6.07) is 31.4. The Balaban J connectivity index is 0.000000245. The Bertz CT molecular complexity index is 1200. The van der Waals surface area contributed by atoms with Gasteiger partial charge in [0.25, 0.3) is 0 Å². The van der Waals surface area contributed by atoms with Crippen molar-refractivity contribution < 1.29 is 30.3 Å². The van der Waals surface area contributed by atoms with E-state index in [2.05, 4.69) is 18.2 Å². The number of aliphatic hydroxyl groups is 2. The van der Waals surface area contributed by atoms with Crippen LogP contribution in [-0.4, -0.2) is 32.4 Å². The molecule has 38 heavy (non-hydrogen) atoms. The molecule has 5 heteroatoms. The van der Waals surface area contributed by atoms with Crippen LogP contribution >= 0.6 is 0 Å². The van der Waals surface area contributed by atoms with Gasteiger partial charge in [0.2, 0.25) is 0 Å². The third-order valence-electron chi connectivity index (χ3n) is 6.80. The summed E-state index contributed by atoms with van der Waals surface area (Å²) in [6.07, 6.45) is 9.18. The van der Waals surface area contributed by atoms with Crippen LogP contribution in [0.15, 0.2) is 91.1 Å². The van der Waals surface area contributed by atoms with Crippen molar-refractivity contribution >= 4 is 0 Å². The van der Waals surface area contributed by atoms with Crippen molar-refractivity contribution in [2.75, 3.05) is 0 Å². The van der Waals surface area contributed by atoms with E-state index in [4.69, 9.17) is 15.1 Å². The molecular formula is C33H37IrN2O2-. The summed E-state index contributed by atoms with van der Waals surface area (Å²) >= 11 is 0. The second kappa shape index (κ2) is 15.7. The van der Waals surface area contributed by atoms with Crippen LogP contribution < -0.4 is 0 Å². The predicted octanol–water partition coefficient (Wildman–Crippen LogP) is 7.36. The third kappa shape index (κ3) is 8.96. The number of rotatable bonds is 7. The third-order valence-corrected chi connectivity index (χ3v) is 6.80. The molecule has 2 unspecified atom stereocenters. The average Bonchev–Trinajstić information content (AvgIpc) is 2.95. The van der Waals surface area contributed by atoms with Crippen LogP contribution in [0, 0.1) is 12.0 Å². The fourth-order valence-electron chi connectivity index (χ4n) is 4.97. The Morgan fingerprint density at radius 2 is 1.45 bits per heavy atom. The van der Waals surface area contributed by atoms with Crippen LogP contribution in [0.3, 0.4) is 0 Å². The fourth-order valence-corrected chi connectivity index (χ4v) is 4.97. The van der Waals surface area contributed by atoms with E-state index in [9.17, 15) is 5.11 Å². The van der Waals surface area contributed by atoms with Crippen LogP contribution in [0.1, 0.15) is 51.9 Å². The Morgan fingerprint density at radius 3 is 2.05 bits per heavy atom. The summed E-state index contributed by atoms with van der Waals surface area (Å²) in [7, 11) is 0. The van der Waals surface area contributed by atoms with Crippen molar-refractivity contribution in [2.45, 2.75) is 64.1 Å². The van der Waals surface area contributed by atoms with Gasteiger partial charge in [-0.25, -0.2) is 0 Å². The summed E-state index contributed by atoms with van der Waals surface area (Å²) in [4.78, 5) is 9.61. The number of benzene rings is 3. The summed E-state index contributed by atoms with van der Waals surface area (Å²) in [5.74, 6) is 0.711. The quantitative estimate of drug-likeness (QED) is 0.200. The number of aliphatic hydroxyl groups excluding tert-OH is 2. The van der Waals surface area contributed by atoms with Gasteiger partial charge in [0.1, 0.15) is 0 Å². The molecule has 0 saturated heterocycles. The van der Waals surface area contributed by atoms with Gasteiger partial charge in [-0.05, 0) is 31.2 Å². The summed E-state index contributed by atoms with van der Waals surface area (Å²) in [6.45, 7) is 1.74. The van der Waals surface area contributed by atoms with Gasteiger partial charge < -0.3 is 15.2 Å². The zero-order valence-corrected chi connectivity index (χ0v) is 24.4. The van der Waals surface area contributed by atoms with Gasteiger partial charge in [0.15, 0.2) is 0 Å². The monoisotopic (exact) mass is 686 g/mol. The summed E-state index contributed by atoms with van der Waals surface area (Å²) in [5, 5.41) is 18.7. The molecule has 2 N–H and O–H groups in total. The largest absolute Gasteiger partial charge is 0.393 e. The molecular weight excluding hydrogens is 649 g/mol. The molecule has 1 aliphatic carbocycles. The molecule has 0 spiro atoms. The van der Waals surface area contributed by atoms with Crippen LogP contribution in [-0.2, 0) is 20.1 Å². The minimum absolute atomic E-state index is 0. The first-order chi connectivity index (χ1) is 18.1. The first-order valence-electron chi connectivity index (χ1n) is 13.4. The van der Waals surface area contributed by atoms with Crippen molar-refractivity contribution in [1.29, 1.82) is 0 Å². The van der Waals surface area contributed by atoms with Gasteiger partial charge in [0, 0.05) is 37.6 Å². The zero-order chi connectivity index (χ0) is 25.9. The molecule has 4 aromatic rings. The Hall–Kier alpha value is -2.69. The average molecular weight is 686 g/mol. The van der Waals surface area contributed by atoms with E-state index < -0.39 is 0 Å². The van der Waals surface area contributed by atoms with Crippen molar-refractivity contribution in [3.8, 4) is 33.8 Å². The SMILES string of the molecule is CC(O)CC(O)CC1CCCCC1.[Ir].[c-]1ccccc1-c1ncc(-c2ccccc2)nc1-c1ccccc1. The molecule has 0 amide bonds. The van der Waals surface area contributed by atoms with Crippen molar-refractivity contribution in [2.24, 2.45) is 5.92 Å². The van der Waals surface area contributed by atoms with Gasteiger partial charge in [0.05, 0.1) is 23.6 Å². The first kappa shape index (κ1) is 29.9. The van der Waals surface area contributed by atoms with Gasteiger partial charge in [-0.2, -0.15) is 0 Å². The zero-order valence-electron chi connectivity index (χ0n) is 22.0. The summed E-state index contributed by atoms with van der Waals surface area (Å²) in [5.41, 5.74) is 5.65. The molecule has 1 aliphatic rings. The molecule has 1 aromatic heterocycles. The first-order valence-corrected chi connectivity index (χ1v) is 13.4. The molecule has 0 bridgehead atoms. The van der Waals surface area contributed by atoms with E-state index in [0.717, 1.165) is 40.2 Å². The maximum absolute atomic E-state index is 9.61. The minimum atomic E-state index is -0.362. The normalized spacial score (nSPS) is 14.9. The maximum Gasteiger partial charge on any atom is 0.0873 e. The molecule has 201 valence electrons. The molecule has 2 atom stereocenters. The van der Waals surface area contributed by atoms with Crippen molar-refractivity contribution in [3.63, 3.8) is 0 Å². The molecule has 5 rings (SSSR count). The fraction of sp³-hybridized carbons (Fsp3) is 0.333. The van der Waals surface area contributed by atoms with Gasteiger partial charge in [-0.1, -0.05) is 92.8 Å². The molecule has 4 nitrogen and oxygen atoms in total. The topological polar surface area (TPSA) is 66.2 Å². The number of hydrogen-bond donors (Lipinski definition) is 2. The van der Waals surface area contributed by atoms with Crippen LogP contribution in [0.4, 0.5) is 0 Å². The minimum Gasteiger partial charge on any atom is -0.393 e. The maximum atomic E-state index is 9.61. The van der Waals surface area contributed by atoms with Crippen molar-refractivity contribution in [3.05, 3.63) is 97.2 Å². The van der Waals surface area contributed by atoms with Crippen LogP contribution in [0.25, 0.3) is 33.8 Å². The second-order valence-electron chi connectivity index (χ2n) is 9.94. The van der Waals surface area contributed by atoms with Gasteiger partial charge in [-0.3, -0.25) is 4.98 Å². The van der Waals surface area contributed by atoms with Gasteiger partial charge >= 0.3 is 0 Å². The van der Waals surface area contributed by atoms with Crippen molar-refractivity contribution in [1.82, 2.24) is 9.97 Å². The molecule has 0 aliphatic heterocycles. The van der Waals surface area contributed by atoms with Gasteiger partial charge in [-0.15, -0.1) is 35.9 Å². The van der Waals surface area contributed by atoms with E-state index in [1.807, 2.05) is 79.0 Å². The Morgan fingerprint density at radius 1 is 0.816 bits per heavy atom. The van der Waals surface area contributed by atoms with E-state index in [1.165, 1.54) is 32.1 Å². The van der Waals surface area contributed by atoms with Crippen LogP contribution in [0.5, 0.6) is 0 Å². The molecule has 3 aromatic carbocycles. The predicted molar refractivity (Wildman–Crippen MR) is 151 cm³/mol. The summed E-state index contributed by atoms with van der Waals surface area (Å²) < 4.78 is 0. The molecule has 1 heterocycles. The van der Waals surface area contributed by atoms with E-state index in [1.54, 1.807) is 6.92 Å². The van der Waals surface area contributed by atoms with E-state index >= 15 is 0 Å². The Kier molecular flexibility index (Phi) is 12.3. The molecule has 1 saturated carbocycles. The second-order valence-corrected chi connectivity index (χ2v) is 9.94. The number of hydrogen-bond acceptors (Lipinski definition) is 4. The standard InChI is InChI=1S/C22H15N2.C11H22O2.Ir/c1-4-10-17(11-5-1)20-16-23-21(18-12-6-2-7-13-18)22(24-20)19-14-8-3-9-15-19;1-9(12)7-11(13)8-10-5-3-2-4-6-10;/h1-12,14-16H;9-13H,2-8H2,1H3;/q-1;;. The van der Waals surface area contributed by atoms with E-state index in [0.29, 0.717) is 12.3 Å².